The van der Waals surface area contributed by atoms with Crippen LogP contribution in [0.1, 0.15) is 36.0 Å². The van der Waals surface area contributed by atoms with Crippen molar-refractivity contribution in [3.05, 3.63) is 34.3 Å². The minimum Gasteiger partial charge on any atom is -0.408 e. The maximum atomic E-state index is 12.7. The van der Waals surface area contributed by atoms with Crippen LogP contribution in [0.25, 0.3) is 11.1 Å². The summed E-state index contributed by atoms with van der Waals surface area (Å²) >= 11 is 0. The van der Waals surface area contributed by atoms with E-state index in [9.17, 15) is 14.4 Å². The first kappa shape index (κ1) is 16.7. The van der Waals surface area contributed by atoms with Gasteiger partial charge in [-0.2, -0.15) is 0 Å². The Hall–Kier alpha value is -2.77. The van der Waals surface area contributed by atoms with E-state index < -0.39 is 5.76 Å². The van der Waals surface area contributed by atoms with Gasteiger partial charge in [0.2, 0.25) is 0 Å². The molecule has 8 heteroatoms. The summed E-state index contributed by atoms with van der Waals surface area (Å²) in [6.07, 6.45) is 4.48. The van der Waals surface area contributed by atoms with Crippen LogP contribution in [0, 0.1) is 0 Å². The number of nitrogens with one attached hydrogen (secondary N) is 2. The Balaban J connectivity index is 1.36. The van der Waals surface area contributed by atoms with Crippen LogP contribution in [0.3, 0.4) is 0 Å². The molecule has 0 unspecified atom stereocenters. The largest absolute Gasteiger partial charge is 0.417 e. The first-order chi connectivity index (χ1) is 12.6. The van der Waals surface area contributed by atoms with E-state index in [4.69, 9.17) is 4.42 Å². The highest BCUT2D eigenvalue weighted by Gasteiger charge is 2.27. The number of hydrogen-bond donors (Lipinski definition) is 2. The lowest BCUT2D eigenvalue weighted by Gasteiger charge is -2.35. The van der Waals surface area contributed by atoms with Crippen molar-refractivity contribution in [1.29, 1.82) is 0 Å². The number of carbonyl (C=O) groups excluding carboxylic acids is 2. The van der Waals surface area contributed by atoms with Crippen molar-refractivity contribution < 1.29 is 14.0 Å². The van der Waals surface area contributed by atoms with Crippen molar-refractivity contribution in [3.8, 4) is 0 Å². The van der Waals surface area contributed by atoms with Crippen molar-refractivity contribution >= 4 is 23.0 Å². The molecule has 26 heavy (non-hydrogen) atoms. The molecule has 138 valence electrons. The van der Waals surface area contributed by atoms with E-state index in [0.29, 0.717) is 48.9 Å². The number of piperazine rings is 1. The molecule has 2 aliphatic rings. The number of benzene rings is 1. The van der Waals surface area contributed by atoms with Gasteiger partial charge in [0.05, 0.1) is 5.52 Å². The van der Waals surface area contributed by atoms with E-state index in [2.05, 4.69) is 10.3 Å². The summed E-state index contributed by atoms with van der Waals surface area (Å²) in [6.45, 7) is 2.04. The van der Waals surface area contributed by atoms with Crippen molar-refractivity contribution in [2.24, 2.45) is 0 Å². The van der Waals surface area contributed by atoms with Crippen LogP contribution in [0.4, 0.5) is 4.79 Å². The third-order valence-corrected chi connectivity index (χ3v) is 5.20. The van der Waals surface area contributed by atoms with Crippen molar-refractivity contribution in [2.45, 2.75) is 31.7 Å². The number of fused-ring (bicyclic) bond motifs is 1. The normalized spacial score (nSPS) is 18.5. The molecule has 1 saturated heterocycles. The molecule has 4 rings (SSSR count). The number of aromatic nitrogens is 1. The standard InChI is InChI=1S/C18H22N4O4/c23-16(12-5-6-15-14(11-12)20-18(25)26-15)21-7-9-22(10-8-21)17(24)19-13-3-1-2-4-13/h5-6,11,13H,1-4,7-10H2,(H,19,24)(H,20,25). The summed E-state index contributed by atoms with van der Waals surface area (Å²) in [5.74, 6) is -0.642. The molecule has 1 aliphatic heterocycles. The van der Waals surface area contributed by atoms with Crippen molar-refractivity contribution in [1.82, 2.24) is 20.1 Å². The van der Waals surface area contributed by atoms with Gasteiger partial charge in [0.15, 0.2) is 5.58 Å². The second-order valence-electron chi connectivity index (χ2n) is 6.94. The Morgan fingerprint density at radius 2 is 1.77 bits per heavy atom. The quantitative estimate of drug-likeness (QED) is 0.850. The lowest BCUT2D eigenvalue weighted by molar-refractivity contribution is 0.0663. The van der Waals surface area contributed by atoms with Crippen LogP contribution in [0.2, 0.25) is 0 Å². The topological polar surface area (TPSA) is 98.7 Å². The SMILES string of the molecule is O=C(NC1CCCC1)N1CCN(C(=O)c2ccc3oc(=O)[nH]c3c2)CC1. The monoisotopic (exact) mass is 358 g/mol. The molecule has 2 aromatic rings. The number of amides is 3. The Morgan fingerprint density at radius 1 is 1.08 bits per heavy atom. The predicted molar refractivity (Wildman–Crippen MR) is 95.1 cm³/mol. The van der Waals surface area contributed by atoms with E-state index in [1.54, 1.807) is 28.0 Å². The van der Waals surface area contributed by atoms with E-state index in [0.717, 1.165) is 12.8 Å². The molecular weight excluding hydrogens is 336 g/mol. The fourth-order valence-corrected chi connectivity index (χ4v) is 3.72. The molecule has 0 radical (unpaired) electrons. The van der Waals surface area contributed by atoms with Gasteiger partial charge in [-0.15, -0.1) is 0 Å². The zero-order chi connectivity index (χ0) is 18.1. The molecule has 3 amide bonds. The summed E-state index contributed by atoms with van der Waals surface area (Å²) in [4.78, 5) is 42.3. The average Bonchev–Trinajstić information content (AvgIpc) is 3.28. The maximum Gasteiger partial charge on any atom is 0.417 e. The molecule has 1 aliphatic carbocycles. The van der Waals surface area contributed by atoms with Crippen molar-refractivity contribution in [3.63, 3.8) is 0 Å². The van der Waals surface area contributed by atoms with Crippen molar-refractivity contribution in [2.75, 3.05) is 26.2 Å². The van der Waals surface area contributed by atoms with Gasteiger partial charge in [0, 0.05) is 37.8 Å². The average molecular weight is 358 g/mol. The van der Waals surface area contributed by atoms with E-state index in [1.807, 2.05) is 0 Å². The molecule has 8 nitrogen and oxygen atoms in total. The Labute approximate surface area is 150 Å². The number of aromatic amines is 1. The fourth-order valence-electron chi connectivity index (χ4n) is 3.72. The molecular formula is C18H22N4O4. The zero-order valence-electron chi connectivity index (χ0n) is 14.5. The van der Waals surface area contributed by atoms with Crippen LogP contribution >= 0.6 is 0 Å². The van der Waals surface area contributed by atoms with Gasteiger partial charge in [-0.3, -0.25) is 9.78 Å². The maximum absolute atomic E-state index is 12.7. The molecule has 1 aromatic heterocycles. The highest BCUT2D eigenvalue weighted by Crippen LogP contribution is 2.18. The fraction of sp³-hybridized carbons (Fsp3) is 0.500. The van der Waals surface area contributed by atoms with E-state index >= 15 is 0 Å². The predicted octanol–water partition coefficient (Wildman–Crippen LogP) is 1.53. The zero-order valence-corrected chi connectivity index (χ0v) is 14.5. The lowest BCUT2D eigenvalue weighted by Crippen LogP contribution is -2.54. The second kappa shape index (κ2) is 6.86. The lowest BCUT2D eigenvalue weighted by atomic mass is 10.1. The van der Waals surface area contributed by atoms with Gasteiger partial charge in [-0.05, 0) is 31.0 Å². The van der Waals surface area contributed by atoms with Gasteiger partial charge >= 0.3 is 11.8 Å². The third kappa shape index (κ3) is 3.31. The molecule has 0 spiro atoms. The molecule has 2 fully saturated rings. The summed E-state index contributed by atoms with van der Waals surface area (Å²) in [5.41, 5.74) is 1.44. The van der Waals surface area contributed by atoms with E-state index in [-0.39, 0.29) is 11.9 Å². The Bertz CT molecular complexity index is 873. The minimum atomic E-state index is -0.536. The summed E-state index contributed by atoms with van der Waals surface area (Å²) in [6, 6.07) is 5.17. The third-order valence-electron chi connectivity index (χ3n) is 5.20. The Morgan fingerprint density at radius 3 is 2.50 bits per heavy atom. The van der Waals surface area contributed by atoms with E-state index in [1.165, 1.54) is 12.8 Å². The van der Waals surface area contributed by atoms with Gasteiger partial charge in [0.25, 0.3) is 5.91 Å². The second-order valence-corrected chi connectivity index (χ2v) is 6.94. The summed E-state index contributed by atoms with van der Waals surface area (Å²) < 4.78 is 4.96. The first-order valence-corrected chi connectivity index (χ1v) is 9.08. The molecule has 2 N–H and O–H groups in total. The van der Waals surface area contributed by atoms with Crippen LogP contribution in [-0.2, 0) is 0 Å². The van der Waals surface area contributed by atoms with Gasteiger partial charge < -0.3 is 19.5 Å². The minimum absolute atomic E-state index is 0.0265. The number of nitrogens with zero attached hydrogens (tertiary/aromatic N) is 2. The van der Waals surface area contributed by atoms with Crippen LogP contribution < -0.4 is 11.1 Å². The molecule has 0 bridgehead atoms. The molecule has 2 heterocycles. The summed E-state index contributed by atoms with van der Waals surface area (Å²) in [7, 11) is 0. The molecule has 1 saturated carbocycles. The number of urea groups is 1. The smallest absolute Gasteiger partial charge is 0.408 e. The number of H-pyrrole nitrogens is 1. The van der Waals surface area contributed by atoms with Gasteiger partial charge in [-0.1, -0.05) is 12.8 Å². The first-order valence-electron chi connectivity index (χ1n) is 9.08. The molecule has 1 aromatic carbocycles. The van der Waals surface area contributed by atoms with Crippen LogP contribution in [0.15, 0.2) is 27.4 Å². The molecule has 0 atom stereocenters. The number of hydrogen-bond acceptors (Lipinski definition) is 4. The summed E-state index contributed by atoms with van der Waals surface area (Å²) in [5, 5.41) is 3.09. The number of carbonyl (C=O) groups is 2. The number of rotatable bonds is 2. The van der Waals surface area contributed by atoms with Crippen LogP contribution in [-0.4, -0.2) is 58.9 Å². The Kier molecular flexibility index (Phi) is 4.40. The van der Waals surface area contributed by atoms with Crippen LogP contribution in [0.5, 0.6) is 0 Å². The highest BCUT2D eigenvalue weighted by atomic mass is 16.4. The van der Waals surface area contributed by atoms with Gasteiger partial charge in [0.1, 0.15) is 0 Å². The highest BCUT2D eigenvalue weighted by molar-refractivity contribution is 5.97. The van der Waals surface area contributed by atoms with Gasteiger partial charge in [-0.25, -0.2) is 9.59 Å². The number of oxazole rings is 1.